The quantitative estimate of drug-likeness (QED) is 0.528. The Labute approximate surface area is 205 Å². The lowest BCUT2D eigenvalue weighted by atomic mass is 9.91. The summed E-state index contributed by atoms with van der Waals surface area (Å²) in [6.07, 6.45) is 12.1. The largest absolute Gasteiger partial charge is 0.325 e. The average molecular weight is 461 g/mol. The van der Waals surface area contributed by atoms with E-state index in [0.29, 0.717) is 18.2 Å². The second-order valence-corrected chi connectivity index (χ2v) is 9.29. The van der Waals surface area contributed by atoms with Gasteiger partial charge in [-0.2, -0.15) is 0 Å². The number of nitrogens with zero attached hydrogens (tertiary/aromatic N) is 2. The number of aromatic nitrogens is 2. The molecular formula is C29H40N4O. The SMILES string of the molecule is CC.CC1=C(/C=C\C(C)N)c2nc(CC3CCCC3)c(NC(=O)Cc3ccccc3)nc2CC1. The van der Waals surface area contributed by atoms with E-state index in [1.165, 1.54) is 31.3 Å². The van der Waals surface area contributed by atoms with E-state index in [9.17, 15) is 4.79 Å². The summed E-state index contributed by atoms with van der Waals surface area (Å²) >= 11 is 0. The summed E-state index contributed by atoms with van der Waals surface area (Å²) in [7, 11) is 0. The van der Waals surface area contributed by atoms with Crippen molar-refractivity contribution in [3.63, 3.8) is 0 Å². The van der Waals surface area contributed by atoms with Crippen LogP contribution in [0.2, 0.25) is 0 Å². The van der Waals surface area contributed by atoms with Gasteiger partial charge in [-0.15, -0.1) is 0 Å². The Bertz CT molecular complexity index is 1020. The maximum Gasteiger partial charge on any atom is 0.229 e. The van der Waals surface area contributed by atoms with Gasteiger partial charge in [-0.25, -0.2) is 9.97 Å². The highest BCUT2D eigenvalue weighted by Crippen LogP contribution is 2.34. The minimum absolute atomic E-state index is 0.0110. The fourth-order valence-electron chi connectivity index (χ4n) is 4.69. The number of hydrogen-bond donors (Lipinski definition) is 2. The molecule has 0 radical (unpaired) electrons. The van der Waals surface area contributed by atoms with Crippen LogP contribution in [-0.2, 0) is 24.1 Å². The van der Waals surface area contributed by atoms with E-state index < -0.39 is 0 Å². The van der Waals surface area contributed by atoms with Crippen molar-refractivity contribution in [1.29, 1.82) is 0 Å². The van der Waals surface area contributed by atoms with Crippen LogP contribution in [0.5, 0.6) is 0 Å². The first-order chi connectivity index (χ1) is 16.5. The van der Waals surface area contributed by atoms with Gasteiger partial charge in [0, 0.05) is 11.6 Å². The molecule has 182 valence electrons. The van der Waals surface area contributed by atoms with E-state index in [4.69, 9.17) is 15.7 Å². The van der Waals surface area contributed by atoms with Gasteiger partial charge in [0.05, 0.1) is 23.5 Å². The van der Waals surface area contributed by atoms with E-state index in [-0.39, 0.29) is 11.9 Å². The molecule has 1 aromatic heterocycles. The van der Waals surface area contributed by atoms with Gasteiger partial charge in [0.25, 0.3) is 0 Å². The number of hydrogen-bond acceptors (Lipinski definition) is 4. The zero-order chi connectivity index (χ0) is 24.5. The van der Waals surface area contributed by atoms with E-state index in [1.807, 2.05) is 57.2 Å². The molecule has 1 atom stereocenters. The summed E-state index contributed by atoms with van der Waals surface area (Å²) in [5.74, 6) is 1.22. The monoisotopic (exact) mass is 460 g/mol. The molecule has 0 saturated heterocycles. The number of carbonyl (C=O) groups is 1. The summed E-state index contributed by atoms with van der Waals surface area (Å²) in [4.78, 5) is 22.9. The fraction of sp³-hybridized carbons (Fsp3) is 0.483. The van der Waals surface area contributed by atoms with Crippen LogP contribution >= 0.6 is 0 Å². The van der Waals surface area contributed by atoms with E-state index in [0.717, 1.165) is 47.5 Å². The first-order valence-corrected chi connectivity index (χ1v) is 12.9. The number of amides is 1. The van der Waals surface area contributed by atoms with E-state index in [2.05, 4.69) is 18.3 Å². The first kappa shape index (κ1) is 25.8. The smallest absolute Gasteiger partial charge is 0.229 e. The molecule has 2 aliphatic carbocycles. The van der Waals surface area contributed by atoms with Crippen molar-refractivity contribution in [2.45, 2.75) is 85.1 Å². The van der Waals surface area contributed by atoms with Crippen molar-refractivity contribution in [1.82, 2.24) is 9.97 Å². The fourth-order valence-corrected chi connectivity index (χ4v) is 4.69. The van der Waals surface area contributed by atoms with Crippen LogP contribution in [0.1, 0.15) is 82.4 Å². The van der Waals surface area contributed by atoms with Crippen molar-refractivity contribution in [2.24, 2.45) is 11.7 Å². The summed E-state index contributed by atoms with van der Waals surface area (Å²) < 4.78 is 0. The van der Waals surface area contributed by atoms with Gasteiger partial charge in [0.2, 0.25) is 5.91 Å². The third-order valence-corrected chi connectivity index (χ3v) is 6.48. The number of anilines is 1. The van der Waals surface area contributed by atoms with Gasteiger partial charge in [0.1, 0.15) is 0 Å². The molecular weight excluding hydrogens is 420 g/mol. The minimum Gasteiger partial charge on any atom is -0.325 e. The Morgan fingerprint density at radius 1 is 1.15 bits per heavy atom. The zero-order valence-corrected chi connectivity index (χ0v) is 21.2. The number of allylic oxidation sites excluding steroid dienone is 3. The molecule has 1 unspecified atom stereocenters. The van der Waals surface area contributed by atoms with Crippen molar-refractivity contribution >= 4 is 17.3 Å². The first-order valence-electron chi connectivity index (χ1n) is 12.9. The highest BCUT2D eigenvalue weighted by atomic mass is 16.1. The van der Waals surface area contributed by atoms with Crippen LogP contribution in [0.4, 0.5) is 5.82 Å². The highest BCUT2D eigenvalue weighted by molar-refractivity contribution is 5.92. The molecule has 0 aliphatic heterocycles. The van der Waals surface area contributed by atoms with Crippen LogP contribution in [-0.4, -0.2) is 21.9 Å². The van der Waals surface area contributed by atoms with Crippen LogP contribution < -0.4 is 11.1 Å². The van der Waals surface area contributed by atoms with Crippen molar-refractivity contribution in [2.75, 3.05) is 5.32 Å². The van der Waals surface area contributed by atoms with Gasteiger partial charge >= 0.3 is 0 Å². The Balaban J connectivity index is 0.00000158. The standard InChI is InChI=1S/C27H34N4O.C2H6/c1-18-12-15-23-26(22(18)14-13-19(2)28)29-24(16-20-10-6-7-11-20)27(30-23)31-25(32)17-21-8-4-3-5-9-21;1-2/h3-5,8-9,13-14,19-20H,6-7,10-12,15-17,28H2,1-2H3,(H,30,31,32);1-2H3/b14-13-;. The molecule has 1 heterocycles. The van der Waals surface area contributed by atoms with Gasteiger partial charge in [0.15, 0.2) is 5.82 Å². The normalized spacial score (nSPS) is 16.7. The molecule has 2 aromatic rings. The van der Waals surface area contributed by atoms with Crippen LogP contribution in [0.15, 0.2) is 48.1 Å². The molecule has 1 fully saturated rings. The Morgan fingerprint density at radius 2 is 1.85 bits per heavy atom. The van der Waals surface area contributed by atoms with Crippen molar-refractivity contribution in [3.8, 4) is 0 Å². The number of nitrogens with one attached hydrogen (secondary N) is 1. The maximum atomic E-state index is 12.8. The molecule has 1 aromatic carbocycles. The molecule has 34 heavy (non-hydrogen) atoms. The Kier molecular flexibility index (Phi) is 9.58. The minimum atomic E-state index is -0.0438. The molecule has 5 heteroatoms. The van der Waals surface area contributed by atoms with Crippen LogP contribution in [0.3, 0.4) is 0 Å². The van der Waals surface area contributed by atoms with Gasteiger partial charge in [-0.3, -0.25) is 4.79 Å². The number of rotatable bonds is 7. The Morgan fingerprint density at radius 3 is 2.53 bits per heavy atom. The summed E-state index contributed by atoms with van der Waals surface area (Å²) in [5, 5.41) is 3.09. The third kappa shape index (κ3) is 6.86. The number of aryl methyl sites for hydroxylation is 1. The summed E-state index contributed by atoms with van der Waals surface area (Å²) in [6.45, 7) is 8.14. The second kappa shape index (κ2) is 12.6. The van der Waals surface area contributed by atoms with Crippen molar-refractivity contribution < 1.29 is 4.79 Å². The molecule has 0 bridgehead atoms. The molecule has 5 nitrogen and oxygen atoms in total. The van der Waals surface area contributed by atoms with Crippen LogP contribution in [0, 0.1) is 5.92 Å². The lowest BCUT2D eigenvalue weighted by Gasteiger charge is -2.22. The number of benzene rings is 1. The number of fused-ring (bicyclic) bond motifs is 1. The second-order valence-electron chi connectivity index (χ2n) is 9.29. The zero-order valence-electron chi connectivity index (χ0n) is 21.2. The molecule has 2 aliphatic rings. The lowest BCUT2D eigenvalue weighted by Crippen LogP contribution is -2.21. The predicted molar refractivity (Wildman–Crippen MR) is 142 cm³/mol. The van der Waals surface area contributed by atoms with E-state index in [1.54, 1.807) is 0 Å². The molecule has 3 N–H and O–H groups in total. The topological polar surface area (TPSA) is 80.9 Å². The van der Waals surface area contributed by atoms with Crippen molar-refractivity contribution in [3.05, 3.63) is 70.7 Å². The van der Waals surface area contributed by atoms with E-state index >= 15 is 0 Å². The van der Waals surface area contributed by atoms with Gasteiger partial charge < -0.3 is 11.1 Å². The third-order valence-electron chi connectivity index (χ3n) is 6.48. The van der Waals surface area contributed by atoms with Crippen LogP contribution in [0.25, 0.3) is 5.57 Å². The summed E-state index contributed by atoms with van der Waals surface area (Å²) in [5.41, 5.74) is 12.2. The number of nitrogens with two attached hydrogens (primary N) is 1. The number of carbonyl (C=O) groups excluding carboxylic acids is 1. The molecule has 0 spiro atoms. The molecule has 4 rings (SSSR count). The maximum absolute atomic E-state index is 12.8. The lowest BCUT2D eigenvalue weighted by molar-refractivity contribution is -0.115. The average Bonchev–Trinajstić information content (AvgIpc) is 3.34. The molecule has 1 amide bonds. The summed E-state index contributed by atoms with van der Waals surface area (Å²) in [6, 6.07) is 9.81. The van der Waals surface area contributed by atoms with Gasteiger partial charge in [-0.1, -0.05) is 87.6 Å². The Hall–Kier alpha value is -2.79. The predicted octanol–water partition coefficient (Wildman–Crippen LogP) is 6.04. The van der Waals surface area contributed by atoms with Gasteiger partial charge in [-0.05, 0) is 44.6 Å². The molecule has 1 saturated carbocycles. The highest BCUT2D eigenvalue weighted by Gasteiger charge is 2.24.